The van der Waals surface area contributed by atoms with Gasteiger partial charge in [0.05, 0.1) is 19.1 Å². The number of benzene rings is 1. The van der Waals surface area contributed by atoms with E-state index in [4.69, 9.17) is 21.4 Å². The fourth-order valence-electron chi connectivity index (χ4n) is 2.26. The Morgan fingerprint density at radius 1 is 1.58 bits per heavy atom. The number of hydrogen-bond acceptors (Lipinski definition) is 3. The van der Waals surface area contributed by atoms with Gasteiger partial charge in [0.2, 0.25) is 0 Å². The third kappa shape index (κ3) is 3.48. The van der Waals surface area contributed by atoms with Crippen LogP contribution < -0.4 is 0 Å². The molecule has 0 saturated carbocycles. The summed E-state index contributed by atoms with van der Waals surface area (Å²) in [7, 11) is 1.91. The zero-order valence-electron chi connectivity index (χ0n) is 10.5. The molecule has 0 aromatic heterocycles. The first-order valence-corrected chi connectivity index (χ1v) is 7.11. The van der Waals surface area contributed by atoms with Crippen LogP contribution >= 0.6 is 27.5 Å². The van der Waals surface area contributed by atoms with Gasteiger partial charge in [0.25, 0.3) is 0 Å². The second-order valence-electron chi connectivity index (χ2n) is 4.70. The van der Waals surface area contributed by atoms with Gasteiger partial charge in [-0.1, -0.05) is 27.5 Å². The average Bonchev–Trinajstić information content (AvgIpc) is 2.83. The van der Waals surface area contributed by atoms with Crippen LogP contribution in [0.1, 0.15) is 5.56 Å². The van der Waals surface area contributed by atoms with Gasteiger partial charge in [0.1, 0.15) is 0 Å². The maximum absolute atomic E-state index is 11.2. The Morgan fingerprint density at radius 3 is 3.00 bits per heavy atom. The molecule has 1 aromatic carbocycles. The van der Waals surface area contributed by atoms with Crippen molar-refractivity contribution in [1.29, 1.82) is 0 Å². The average molecular weight is 349 g/mol. The van der Waals surface area contributed by atoms with Gasteiger partial charge in [-0.3, -0.25) is 9.69 Å². The maximum atomic E-state index is 11.2. The lowest BCUT2D eigenvalue weighted by Gasteiger charge is -2.26. The molecule has 1 N–H and O–H groups in total. The highest BCUT2D eigenvalue weighted by Crippen LogP contribution is 2.25. The molecule has 2 unspecified atom stereocenters. The topological polar surface area (TPSA) is 49.8 Å². The fraction of sp³-hybridized carbons (Fsp3) is 0.462. The molecule has 19 heavy (non-hydrogen) atoms. The number of carbonyl (C=O) groups is 1. The highest BCUT2D eigenvalue weighted by Gasteiger charge is 2.36. The van der Waals surface area contributed by atoms with Gasteiger partial charge in [0, 0.05) is 22.1 Å². The molecule has 1 fully saturated rings. The summed E-state index contributed by atoms with van der Waals surface area (Å²) in [6.45, 7) is 1.35. The van der Waals surface area contributed by atoms with Gasteiger partial charge in [-0.15, -0.1) is 0 Å². The molecule has 0 bridgehead atoms. The third-order valence-corrected chi connectivity index (χ3v) is 4.37. The Balaban J connectivity index is 2.10. The van der Waals surface area contributed by atoms with E-state index in [-0.39, 0.29) is 12.6 Å². The Labute approximate surface area is 125 Å². The van der Waals surface area contributed by atoms with E-state index < -0.39 is 11.9 Å². The van der Waals surface area contributed by atoms with Gasteiger partial charge in [-0.05, 0) is 30.8 Å². The van der Waals surface area contributed by atoms with E-state index >= 15 is 0 Å². The van der Waals surface area contributed by atoms with Crippen LogP contribution in [0.2, 0.25) is 5.02 Å². The molecule has 6 heteroatoms. The molecule has 0 aliphatic carbocycles. The van der Waals surface area contributed by atoms with Crippen LogP contribution in [0.25, 0.3) is 0 Å². The second kappa shape index (κ2) is 6.22. The summed E-state index contributed by atoms with van der Waals surface area (Å²) in [4.78, 5) is 13.2. The zero-order chi connectivity index (χ0) is 14.0. The van der Waals surface area contributed by atoms with Gasteiger partial charge in [-0.2, -0.15) is 0 Å². The van der Waals surface area contributed by atoms with E-state index in [1.54, 1.807) is 0 Å². The number of hydrogen-bond donors (Lipinski definition) is 1. The summed E-state index contributed by atoms with van der Waals surface area (Å²) < 4.78 is 6.25. The normalized spacial score (nSPS) is 22.9. The first kappa shape index (κ1) is 14.8. The molecule has 0 radical (unpaired) electrons. The number of carboxylic acid groups (broad SMARTS) is 1. The summed E-state index contributed by atoms with van der Waals surface area (Å²) in [5, 5.41) is 9.83. The maximum Gasteiger partial charge on any atom is 0.310 e. The molecule has 2 rings (SSSR count). The molecule has 1 saturated heterocycles. The number of likely N-dealkylation sites (N-methyl/N-ethyl adjacent to an activating group) is 1. The molecule has 104 valence electrons. The lowest BCUT2D eigenvalue weighted by atomic mass is 10.0. The van der Waals surface area contributed by atoms with Crippen molar-refractivity contribution in [3.63, 3.8) is 0 Å². The second-order valence-corrected chi connectivity index (χ2v) is 5.99. The predicted molar refractivity (Wildman–Crippen MR) is 76.4 cm³/mol. The summed E-state index contributed by atoms with van der Waals surface area (Å²) in [6.07, 6.45) is 0. The van der Waals surface area contributed by atoms with Crippen LogP contribution in [0.5, 0.6) is 0 Å². The Bertz CT molecular complexity index is 483. The fourth-order valence-corrected chi connectivity index (χ4v) is 2.83. The monoisotopic (exact) mass is 347 g/mol. The summed E-state index contributed by atoms with van der Waals surface area (Å²) in [5.41, 5.74) is 1.03. The zero-order valence-corrected chi connectivity index (χ0v) is 12.8. The SMILES string of the molecule is CN(Cc1cc(Cl)ccc1Br)C1COCC1C(=O)O. The Hall–Kier alpha value is -0.620. The summed E-state index contributed by atoms with van der Waals surface area (Å²) >= 11 is 9.46. The predicted octanol–water partition coefficient (Wildman–Crippen LogP) is 2.63. The molecule has 4 nitrogen and oxygen atoms in total. The van der Waals surface area contributed by atoms with Crippen LogP contribution in [0, 0.1) is 5.92 Å². The molecule has 1 heterocycles. The number of aliphatic carboxylic acids is 1. The first-order chi connectivity index (χ1) is 8.99. The number of carboxylic acids is 1. The quantitative estimate of drug-likeness (QED) is 0.909. The van der Waals surface area contributed by atoms with Crippen LogP contribution in [0.4, 0.5) is 0 Å². The summed E-state index contributed by atoms with van der Waals surface area (Å²) in [6, 6.07) is 5.48. The van der Waals surface area contributed by atoms with E-state index in [0.717, 1.165) is 10.0 Å². The van der Waals surface area contributed by atoms with E-state index in [1.807, 2.05) is 30.1 Å². The third-order valence-electron chi connectivity index (χ3n) is 3.36. The largest absolute Gasteiger partial charge is 0.481 e. The smallest absolute Gasteiger partial charge is 0.310 e. The van der Waals surface area contributed by atoms with E-state index in [9.17, 15) is 4.79 Å². The molecule has 2 atom stereocenters. The number of rotatable bonds is 4. The van der Waals surface area contributed by atoms with E-state index in [2.05, 4.69) is 15.9 Å². The molecule has 0 amide bonds. The van der Waals surface area contributed by atoms with Gasteiger partial charge in [0.15, 0.2) is 0 Å². The van der Waals surface area contributed by atoms with Crippen LogP contribution in [0.15, 0.2) is 22.7 Å². The van der Waals surface area contributed by atoms with Crippen molar-refractivity contribution in [2.75, 3.05) is 20.3 Å². The lowest BCUT2D eigenvalue weighted by molar-refractivity contribution is -0.143. The minimum atomic E-state index is -0.806. The molecule has 1 aliphatic rings. The number of ether oxygens (including phenoxy) is 1. The van der Waals surface area contributed by atoms with Crippen molar-refractivity contribution in [3.8, 4) is 0 Å². The minimum absolute atomic E-state index is 0.108. The minimum Gasteiger partial charge on any atom is -0.481 e. The first-order valence-electron chi connectivity index (χ1n) is 5.93. The van der Waals surface area contributed by atoms with Gasteiger partial charge in [-0.25, -0.2) is 0 Å². The highest BCUT2D eigenvalue weighted by atomic mass is 79.9. The number of halogens is 2. The van der Waals surface area contributed by atoms with Gasteiger partial charge >= 0.3 is 5.97 Å². The van der Waals surface area contributed by atoms with E-state index in [0.29, 0.717) is 18.2 Å². The van der Waals surface area contributed by atoms with Crippen molar-refractivity contribution >= 4 is 33.5 Å². The van der Waals surface area contributed by atoms with Crippen molar-refractivity contribution in [1.82, 2.24) is 4.90 Å². The standard InChI is InChI=1S/C13H15BrClNO3/c1-16(12-7-19-6-10(12)13(17)18)5-8-4-9(15)2-3-11(8)14/h2-4,10,12H,5-7H2,1H3,(H,17,18). The van der Waals surface area contributed by atoms with Crippen molar-refractivity contribution < 1.29 is 14.6 Å². The number of nitrogens with zero attached hydrogens (tertiary/aromatic N) is 1. The van der Waals surface area contributed by atoms with Crippen molar-refractivity contribution in [3.05, 3.63) is 33.3 Å². The highest BCUT2D eigenvalue weighted by molar-refractivity contribution is 9.10. The van der Waals surface area contributed by atoms with Crippen LogP contribution in [0.3, 0.4) is 0 Å². The van der Waals surface area contributed by atoms with Gasteiger partial charge < -0.3 is 9.84 Å². The molecular formula is C13H15BrClNO3. The lowest BCUT2D eigenvalue weighted by Crippen LogP contribution is -2.40. The van der Waals surface area contributed by atoms with Crippen LogP contribution in [-0.4, -0.2) is 42.3 Å². The Morgan fingerprint density at radius 2 is 2.32 bits per heavy atom. The molecule has 0 spiro atoms. The molecule has 1 aromatic rings. The van der Waals surface area contributed by atoms with Crippen molar-refractivity contribution in [2.45, 2.75) is 12.6 Å². The molecule has 1 aliphatic heterocycles. The summed E-state index contributed by atoms with van der Waals surface area (Å²) in [5.74, 6) is -1.28. The molecular weight excluding hydrogens is 334 g/mol. The van der Waals surface area contributed by atoms with Crippen LogP contribution in [-0.2, 0) is 16.1 Å². The Kier molecular flexibility index (Phi) is 4.84. The van der Waals surface area contributed by atoms with Crippen molar-refractivity contribution in [2.24, 2.45) is 5.92 Å². The van der Waals surface area contributed by atoms with E-state index in [1.165, 1.54) is 0 Å².